The summed E-state index contributed by atoms with van der Waals surface area (Å²) in [6, 6.07) is 15.6. The molecule has 5 aromatic rings. The predicted octanol–water partition coefficient (Wildman–Crippen LogP) is 8.93. The van der Waals surface area contributed by atoms with Gasteiger partial charge in [0, 0.05) is 61.6 Å². The second kappa shape index (κ2) is 13.7. The zero-order chi connectivity index (χ0) is 34.1. The van der Waals surface area contributed by atoms with Gasteiger partial charge in [0.2, 0.25) is 0 Å². The van der Waals surface area contributed by atoms with E-state index in [1.54, 1.807) is 16.2 Å². The number of fused-ring (bicyclic) bond motifs is 1. The molecule has 11 heteroatoms. The fourth-order valence-corrected chi connectivity index (χ4v) is 7.10. The Morgan fingerprint density at radius 2 is 1.83 bits per heavy atom. The van der Waals surface area contributed by atoms with Crippen LogP contribution in [-0.2, 0) is 16.2 Å². The van der Waals surface area contributed by atoms with Gasteiger partial charge in [-0.15, -0.1) is 11.3 Å². The first-order valence-corrected chi connectivity index (χ1v) is 21.0. The Morgan fingerprint density at radius 3 is 2.56 bits per heavy atom. The van der Waals surface area contributed by atoms with Gasteiger partial charge in [0.15, 0.2) is 0 Å². The van der Waals surface area contributed by atoms with Gasteiger partial charge in [-0.3, -0.25) is 9.97 Å². The molecule has 1 amide bonds. The molecule has 0 unspecified atom stereocenters. The summed E-state index contributed by atoms with van der Waals surface area (Å²) in [5, 5.41) is 4.00. The second-order valence-electron chi connectivity index (χ2n) is 14.5. The lowest BCUT2D eigenvalue weighted by atomic mass is 10.0. The highest BCUT2D eigenvalue weighted by Crippen LogP contribution is 2.34. The van der Waals surface area contributed by atoms with Crippen molar-refractivity contribution in [3.05, 3.63) is 77.8 Å². The molecule has 0 N–H and O–H groups in total. The van der Waals surface area contributed by atoms with Gasteiger partial charge in [0.25, 0.3) is 0 Å². The van der Waals surface area contributed by atoms with Crippen molar-refractivity contribution in [1.29, 1.82) is 0 Å². The standard InChI is InChI=1S/C37H44N6O3SSi/c1-25-9-8-10-31(40-25)34-33(39-23-43(34)24-45-17-18-48(5,6)7)27-11-12-30-28(19-27)20-29(21-38-30)35-41-32(22-47-35)26-13-15-42(16-14-26)36(44)46-37(2,3)4/h8-13,19-23H,14-18,24H2,1-7H3. The number of thiazole rings is 1. The fourth-order valence-electron chi connectivity index (χ4n) is 5.52. The van der Waals surface area contributed by atoms with E-state index < -0.39 is 13.7 Å². The third kappa shape index (κ3) is 8.08. The number of pyridine rings is 2. The molecule has 5 heterocycles. The van der Waals surface area contributed by atoms with Crippen LogP contribution in [0.25, 0.3) is 49.7 Å². The molecule has 9 nitrogen and oxygen atoms in total. The van der Waals surface area contributed by atoms with Gasteiger partial charge in [-0.1, -0.05) is 37.8 Å². The minimum Gasteiger partial charge on any atom is -0.444 e. The zero-order valence-electron chi connectivity index (χ0n) is 28.9. The van der Waals surface area contributed by atoms with Gasteiger partial charge in [0.05, 0.1) is 34.6 Å². The average Bonchev–Trinajstić information content (AvgIpc) is 3.70. The molecule has 0 atom stereocenters. The molecule has 250 valence electrons. The molecule has 1 aliphatic heterocycles. The number of benzene rings is 1. The van der Waals surface area contributed by atoms with E-state index in [9.17, 15) is 4.79 Å². The number of imidazole rings is 1. The molecule has 0 aliphatic carbocycles. The van der Waals surface area contributed by atoms with E-state index in [2.05, 4.69) is 53.9 Å². The van der Waals surface area contributed by atoms with Crippen LogP contribution < -0.4 is 0 Å². The lowest BCUT2D eigenvalue weighted by Crippen LogP contribution is -2.39. The van der Waals surface area contributed by atoms with Gasteiger partial charge in [-0.25, -0.2) is 14.8 Å². The molecule has 0 saturated carbocycles. The first-order chi connectivity index (χ1) is 22.8. The van der Waals surface area contributed by atoms with Gasteiger partial charge in [-0.2, -0.15) is 0 Å². The Labute approximate surface area is 287 Å². The summed E-state index contributed by atoms with van der Waals surface area (Å²) in [4.78, 5) is 33.7. The maximum atomic E-state index is 12.5. The van der Waals surface area contributed by atoms with Crippen molar-refractivity contribution >= 4 is 42.0 Å². The molecule has 0 saturated heterocycles. The number of ether oxygens (including phenoxy) is 2. The van der Waals surface area contributed by atoms with Crippen LogP contribution in [-0.4, -0.2) is 68.9 Å². The average molecular weight is 681 g/mol. The maximum Gasteiger partial charge on any atom is 0.410 e. The van der Waals surface area contributed by atoms with E-state index in [-0.39, 0.29) is 6.09 Å². The molecule has 48 heavy (non-hydrogen) atoms. The van der Waals surface area contributed by atoms with E-state index in [1.165, 1.54) is 0 Å². The molecular weight excluding hydrogens is 637 g/mol. The molecule has 0 spiro atoms. The van der Waals surface area contributed by atoms with Crippen LogP contribution in [0, 0.1) is 6.92 Å². The van der Waals surface area contributed by atoms with Crippen molar-refractivity contribution in [1.82, 2.24) is 29.4 Å². The SMILES string of the molecule is Cc1cccc(-c2c(-c3ccc4ncc(-c5nc(C6=CCN(C(=O)OC(C)(C)C)CC6)cs5)cc4c3)ncn2COCC[Si](C)(C)C)n1. The largest absolute Gasteiger partial charge is 0.444 e. The first-order valence-electron chi connectivity index (χ1n) is 16.4. The van der Waals surface area contributed by atoms with Crippen molar-refractivity contribution in [2.45, 2.75) is 72.1 Å². The predicted molar refractivity (Wildman–Crippen MR) is 197 cm³/mol. The molecule has 6 rings (SSSR count). The first kappa shape index (κ1) is 33.7. The number of nitrogens with zero attached hydrogens (tertiary/aromatic N) is 6. The lowest BCUT2D eigenvalue weighted by molar-refractivity contribution is 0.0270. The third-order valence-electron chi connectivity index (χ3n) is 8.09. The Morgan fingerprint density at radius 1 is 1.02 bits per heavy atom. The fraction of sp³-hybridized carbons (Fsp3) is 0.378. The monoisotopic (exact) mass is 680 g/mol. The van der Waals surface area contributed by atoms with Crippen LogP contribution in [0.5, 0.6) is 0 Å². The summed E-state index contributed by atoms with van der Waals surface area (Å²) in [6.45, 7) is 17.0. The quantitative estimate of drug-likeness (QED) is 0.113. The molecule has 0 radical (unpaired) electrons. The van der Waals surface area contributed by atoms with Crippen molar-refractivity contribution in [2.75, 3.05) is 19.7 Å². The summed E-state index contributed by atoms with van der Waals surface area (Å²) >= 11 is 1.60. The number of amides is 1. The Bertz CT molecular complexity index is 1970. The highest BCUT2D eigenvalue weighted by Gasteiger charge is 2.25. The van der Waals surface area contributed by atoms with Gasteiger partial charge < -0.3 is 18.9 Å². The number of aryl methyl sites for hydroxylation is 1. The highest BCUT2D eigenvalue weighted by atomic mass is 32.1. The smallest absolute Gasteiger partial charge is 0.410 e. The number of carbonyl (C=O) groups excluding carboxylic acids is 1. The van der Waals surface area contributed by atoms with Crippen molar-refractivity contribution in [2.24, 2.45) is 0 Å². The van der Waals surface area contributed by atoms with Crippen molar-refractivity contribution in [3.8, 4) is 33.2 Å². The van der Waals surface area contributed by atoms with Crippen LogP contribution in [0.2, 0.25) is 25.7 Å². The Balaban J connectivity index is 1.25. The minimum absolute atomic E-state index is 0.279. The van der Waals surface area contributed by atoms with E-state index >= 15 is 0 Å². The van der Waals surface area contributed by atoms with Crippen molar-refractivity contribution < 1.29 is 14.3 Å². The molecular formula is C37H44N6O3SSi. The molecule has 1 aliphatic rings. The summed E-state index contributed by atoms with van der Waals surface area (Å²) in [5.41, 5.74) is 8.04. The maximum absolute atomic E-state index is 12.5. The van der Waals surface area contributed by atoms with Gasteiger partial charge in [-0.05, 0) is 76.1 Å². The number of hydrogen-bond acceptors (Lipinski definition) is 8. The summed E-state index contributed by atoms with van der Waals surface area (Å²) in [6.07, 6.45) is 6.27. The molecule has 0 bridgehead atoms. The number of hydrogen-bond donors (Lipinski definition) is 0. The molecule has 4 aromatic heterocycles. The van der Waals surface area contributed by atoms with Crippen LogP contribution in [0.3, 0.4) is 0 Å². The van der Waals surface area contributed by atoms with E-state index in [4.69, 9.17) is 29.4 Å². The Hall–Kier alpha value is -4.19. The zero-order valence-corrected chi connectivity index (χ0v) is 30.7. The minimum atomic E-state index is -1.20. The van der Waals surface area contributed by atoms with Crippen LogP contribution in [0.1, 0.15) is 38.6 Å². The Kier molecular flexibility index (Phi) is 9.64. The topological polar surface area (TPSA) is 95.3 Å². The van der Waals surface area contributed by atoms with E-state index in [0.717, 1.165) is 80.2 Å². The van der Waals surface area contributed by atoms with E-state index in [0.29, 0.717) is 19.8 Å². The van der Waals surface area contributed by atoms with Crippen LogP contribution in [0.4, 0.5) is 4.79 Å². The highest BCUT2D eigenvalue weighted by molar-refractivity contribution is 7.13. The van der Waals surface area contributed by atoms with Crippen LogP contribution >= 0.6 is 11.3 Å². The van der Waals surface area contributed by atoms with Gasteiger partial charge >= 0.3 is 6.09 Å². The number of aromatic nitrogens is 5. The number of rotatable bonds is 9. The van der Waals surface area contributed by atoms with Crippen LogP contribution in [0.15, 0.2) is 66.4 Å². The van der Waals surface area contributed by atoms with Gasteiger partial charge in [0.1, 0.15) is 17.3 Å². The molecule has 0 fully saturated rings. The normalized spacial score (nSPS) is 14.0. The second-order valence-corrected chi connectivity index (χ2v) is 21.0. The summed E-state index contributed by atoms with van der Waals surface area (Å²) < 4.78 is 13.7. The summed E-state index contributed by atoms with van der Waals surface area (Å²) in [7, 11) is -1.20. The van der Waals surface area contributed by atoms with Crippen molar-refractivity contribution in [3.63, 3.8) is 0 Å². The molecule has 1 aromatic carbocycles. The number of carbonyl (C=O) groups is 1. The third-order valence-corrected chi connectivity index (χ3v) is 10.7. The van der Waals surface area contributed by atoms with E-state index in [1.807, 2.05) is 64.5 Å². The lowest BCUT2D eigenvalue weighted by Gasteiger charge is -2.29. The summed E-state index contributed by atoms with van der Waals surface area (Å²) in [5.74, 6) is 0.